The summed E-state index contributed by atoms with van der Waals surface area (Å²) in [4.78, 5) is 12.1. The number of carbonyl (C=O) groups is 1. The zero-order valence-electron chi connectivity index (χ0n) is 10.8. The van der Waals surface area contributed by atoms with E-state index in [2.05, 4.69) is 5.32 Å². The van der Waals surface area contributed by atoms with Crippen molar-refractivity contribution in [1.82, 2.24) is 5.32 Å². The van der Waals surface area contributed by atoms with Gasteiger partial charge in [-0.2, -0.15) is 0 Å². The Balaban J connectivity index is 1.66. The first-order chi connectivity index (χ1) is 9.22. The first kappa shape index (κ1) is 12.3. The SMILES string of the molecule is NCC1(CNC(=O)c2ccc3c(c2)OCCO3)CC1. The molecule has 0 spiro atoms. The highest BCUT2D eigenvalue weighted by Gasteiger charge is 2.41. The third-order valence-corrected chi connectivity index (χ3v) is 3.82. The fraction of sp³-hybridized carbons (Fsp3) is 0.500. The zero-order chi connectivity index (χ0) is 13.3. The lowest BCUT2D eigenvalue weighted by Crippen LogP contribution is -2.33. The largest absolute Gasteiger partial charge is 0.486 e. The molecule has 102 valence electrons. The van der Waals surface area contributed by atoms with Crippen LogP contribution in [0.1, 0.15) is 23.2 Å². The van der Waals surface area contributed by atoms with Gasteiger partial charge in [-0.3, -0.25) is 4.79 Å². The van der Waals surface area contributed by atoms with Gasteiger partial charge in [0, 0.05) is 17.5 Å². The van der Waals surface area contributed by atoms with E-state index in [1.54, 1.807) is 18.2 Å². The molecule has 5 heteroatoms. The van der Waals surface area contributed by atoms with Crippen LogP contribution in [0.4, 0.5) is 0 Å². The fourth-order valence-corrected chi connectivity index (χ4v) is 2.18. The summed E-state index contributed by atoms with van der Waals surface area (Å²) in [5, 5.41) is 2.94. The highest BCUT2D eigenvalue weighted by atomic mass is 16.6. The van der Waals surface area contributed by atoms with E-state index in [1.807, 2.05) is 0 Å². The molecule has 1 fully saturated rings. The number of fused-ring (bicyclic) bond motifs is 1. The van der Waals surface area contributed by atoms with Crippen LogP contribution in [0.3, 0.4) is 0 Å². The minimum atomic E-state index is -0.0864. The normalized spacial score (nSPS) is 18.8. The molecule has 5 nitrogen and oxygen atoms in total. The molecule has 1 amide bonds. The monoisotopic (exact) mass is 262 g/mol. The molecule has 0 atom stereocenters. The lowest BCUT2D eigenvalue weighted by atomic mass is 10.1. The number of carbonyl (C=O) groups excluding carboxylic acids is 1. The summed E-state index contributed by atoms with van der Waals surface area (Å²) in [6.45, 7) is 2.36. The van der Waals surface area contributed by atoms with Gasteiger partial charge in [0.25, 0.3) is 5.91 Å². The van der Waals surface area contributed by atoms with Crippen LogP contribution < -0.4 is 20.5 Å². The first-order valence-electron chi connectivity index (χ1n) is 6.60. The molecule has 1 aliphatic heterocycles. The van der Waals surface area contributed by atoms with Crippen molar-refractivity contribution in [1.29, 1.82) is 0 Å². The van der Waals surface area contributed by atoms with Crippen LogP contribution in [0.15, 0.2) is 18.2 Å². The molecule has 1 heterocycles. The Kier molecular flexibility index (Phi) is 3.06. The molecule has 19 heavy (non-hydrogen) atoms. The van der Waals surface area contributed by atoms with E-state index in [0.29, 0.717) is 43.4 Å². The molecule has 3 N–H and O–H groups in total. The van der Waals surface area contributed by atoms with E-state index in [1.165, 1.54) is 0 Å². The molecule has 1 saturated carbocycles. The predicted octanol–water partition coefficient (Wildman–Crippen LogP) is 0.926. The van der Waals surface area contributed by atoms with E-state index in [0.717, 1.165) is 12.8 Å². The quantitative estimate of drug-likeness (QED) is 0.846. The lowest BCUT2D eigenvalue weighted by molar-refractivity contribution is 0.0944. The Morgan fingerprint density at radius 1 is 1.26 bits per heavy atom. The predicted molar refractivity (Wildman–Crippen MR) is 70.5 cm³/mol. The Labute approximate surface area is 112 Å². The van der Waals surface area contributed by atoms with Gasteiger partial charge in [-0.05, 0) is 37.6 Å². The fourth-order valence-electron chi connectivity index (χ4n) is 2.18. The van der Waals surface area contributed by atoms with E-state index in [-0.39, 0.29) is 11.3 Å². The molecule has 0 bridgehead atoms. The van der Waals surface area contributed by atoms with Gasteiger partial charge in [-0.1, -0.05) is 0 Å². The van der Waals surface area contributed by atoms with Crippen molar-refractivity contribution >= 4 is 5.91 Å². The number of hydrogen-bond donors (Lipinski definition) is 2. The smallest absolute Gasteiger partial charge is 0.251 e. The molecule has 0 unspecified atom stereocenters. The maximum absolute atomic E-state index is 12.1. The number of benzene rings is 1. The molecule has 0 saturated heterocycles. The van der Waals surface area contributed by atoms with E-state index in [4.69, 9.17) is 15.2 Å². The Morgan fingerprint density at radius 3 is 2.68 bits per heavy atom. The van der Waals surface area contributed by atoms with Gasteiger partial charge in [0.1, 0.15) is 13.2 Å². The molecule has 2 aliphatic rings. The van der Waals surface area contributed by atoms with Crippen LogP contribution in [-0.2, 0) is 0 Å². The maximum Gasteiger partial charge on any atom is 0.251 e. The molecule has 0 aromatic heterocycles. The van der Waals surface area contributed by atoms with Crippen molar-refractivity contribution in [2.45, 2.75) is 12.8 Å². The maximum atomic E-state index is 12.1. The summed E-state index contributed by atoms with van der Waals surface area (Å²) >= 11 is 0. The van der Waals surface area contributed by atoms with Crippen molar-refractivity contribution in [3.05, 3.63) is 23.8 Å². The molecule has 1 aromatic carbocycles. The molecule has 1 aliphatic carbocycles. The summed E-state index contributed by atoms with van der Waals surface area (Å²) in [5.74, 6) is 1.25. The second-order valence-corrected chi connectivity index (χ2v) is 5.25. The van der Waals surface area contributed by atoms with Gasteiger partial charge >= 0.3 is 0 Å². The third kappa shape index (κ3) is 2.51. The molecule has 3 rings (SSSR count). The van der Waals surface area contributed by atoms with Crippen LogP contribution in [-0.4, -0.2) is 32.2 Å². The Hall–Kier alpha value is -1.75. The molecular weight excluding hydrogens is 244 g/mol. The highest BCUT2D eigenvalue weighted by molar-refractivity contribution is 5.94. The highest BCUT2D eigenvalue weighted by Crippen LogP contribution is 2.43. The second-order valence-electron chi connectivity index (χ2n) is 5.25. The number of amides is 1. The van der Waals surface area contributed by atoms with Crippen LogP contribution in [0.25, 0.3) is 0 Å². The number of nitrogens with two attached hydrogens (primary N) is 1. The summed E-state index contributed by atoms with van der Waals surface area (Å²) in [6, 6.07) is 5.26. The Bertz CT molecular complexity index is 497. The van der Waals surface area contributed by atoms with Gasteiger partial charge in [-0.25, -0.2) is 0 Å². The van der Waals surface area contributed by atoms with Gasteiger partial charge < -0.3 is 20.5 Å². The number of hydrogen-bond acceptors (Lipinski definition) is 4. The molecule has 1 aromatic rings. The average Bonchev–Trinajstić information content (AvgIpc) is 3.25. The van der Waals surface area contributed by atoms with Crippen LogP contribution >= 0.6 is 0 Å². The standard InChI is InChI=1S/C14H18N2O3/c15-8-14(3-4-14)9-16-13(17)10-1-2-11-12(7-10)19-6-5-18-11/h1-2,7H,3-6,8-9,15H2,(H,16,17). The molecular formula is C14H18N2O3. The van der Waals surface area contributed by atoms with E-state index < -0.39 is 0 Å². The first-order valence-corrected chi connectivity index (χ1v) is 6.60. The topological polar surface area (TPSA) is 73.6 Å². The second kappa shape index (κ2) is 4.74. The van der Waals surface area contributed by atoms with Crippen molar-refractivity contribution in [3.63, 3.8) is 0 Å². The minimum Gasteiger partial charge on any atom is -0.486 e. The summed E-state index contributed by atoms with van der Waals surface area (Å²) < 4.78 is 10.9. The number of rotatable bonds is 4. The average molecular weight is 262 g/mol. The summed E-state index contributed by atoms with van der Waals surface area (Å²) in [7, 11) is 0. The van der Waals surface area contributed by atoms with Gasteiger partial charge in [0.2, 0.25) is 0 Å². The number of nitrogens with one attached hydrogen (secondary N) is 1. The van der Waals surface area contributed by atoms with Crippen molar-refractivity contribution in [3.8, 4) is 11.5 Å². The van der Waals surface area contributed by atoms with Crippen molar-refractivity contribution < 1.29 is 14.3 Å². The summed E-state index contributed by atoms with van der Waals surface area (Å²) in [5.41, 5.74) is 6.43. The van der Waals surface area contributed by atoms with E-state index in [9.17, 15) is 4.79 Å². The summed E-state index contributed by atoms with van der Waals surface area (Å²) in [6.07, 6.45) is 2.20. The Morgan fingerprint density at radius 2 is 2.00 bits per heavy atom. The van der Waals surface area contributed by atoms with Gasteiger partial charge in [-0.15, -0.1) is 0 Å². The van der Waals surface area contributed by atoms with Crippen LogP contribution in [0.5, 0.6) is 11.5 Å². The van der Waals surface area contributed by atoms with E-state index >= 15 is 0 Å². The third-order valence-electron chi connectivity index (χ3n) is 3.82. The minimum absolute atomic E-state index is 0.0864. The van der Waals surface area contributed by atoms with Crippen LogP contribution in [0, 0.1) is 5.41 Å². The van der Waals surface area contributed by atoms with Gasteiger partial charge in [0.15, 0.2) is 11.5 Å². The number of ether oxygens (including phenoxy) is 2. The van der Waals surface area contributed by atoms with Crippen molar-refractivity contribution in [2.75, 3.05) is 26.3 Å². The zero-order valence-corrected chi connectivity index (χ0v) is 10.8. The van der Waals surface area contributed by atoms with Crippen LogP contribution in [0.2, 0.25) is 0 Å². The van der Waals surface area contributed by atoms with Gasteiger partial charge in [0.05, 0.1) is 0 Å². The lowest BCUT2D eigenvalue weighted by Gasteiger charge is -2.19. The molecule has 0 radical (unpaired) electrons. The van der Waals surface area contributed by atoms with Crippen molar-refractivity contribution in [2.24, 2.45) is 11.1 Å².